The lowest BCUT2D eigenvalue weighted by molar-refractivity contribution is 0.170. The fourth-order valence-electron chi connectivity index (χ4n) is 4.19. The summed E-state index contributed by atoms with van der Waals surface area (Å²) in [5.74, 6) is 2.10. The molecule has 2 unspecified atom stereocenters. The van der Waals surface area contributed by atoms with Crippen LogP contribution in [0.4, 0.5) is 0 Å². The number of hydrogen-bond donors (Lipinski definition) is 1. The summed E-state index contributed by atoms with van der Waals surface area (Å²) in [5.41, 5.74) is 0.860. The molecule has 0 amide bonds. The molecule has 8 nitrogen and oxygen atoms in total. The van der Waals surface area contributed by atoms with Crippen molar-refractivity contribution in [3.8, 4) is 23.0 Å². The van der Waals surface area contributed by atoms with Crippen molar-refractivity contribution in [1.82, 2.24) is 0 Å². The van der Waals surface area contributed by atoms with Gasteiger partial charge in [-0.05, 0) is 66.3 Å². The Morgan fingerprint density at radius 1 is 0.644 bits per heavy atom. The van der Waals surface area contributed by atoms with Gasteiger partial charge in [-0.1, -0.05) is 120 Å². The van der Waals surface area contributed by atoms with Crippen LogP contribution in [-0.2, 0) is 13.7 Å². The highest BCUT2D eigenvalue weighted by Crippen LogP contribution is 2.50. The number of unbranched alkanes of at least 4 members (excludes halogenated alkanes) is 1. The third-order valence-electron chi connectivity index (χ3n) is 6.65. The van der Waals surface area contributed by atoms with Gasteiger partial charge in [0.05, 0.1) is 6.61 Å². The molecule has 4 aromatic rings. The van der Waals surface area contributed by atoms with Crippen molar-refractivity contribution in [3.05, 3.63) is 121 Å². The number of phosphoric ester groups is 2. The minimum atomic E-state index is -4.20. The second kappa shape index (κ2) is 18.4. The topological polar surface area (TPSA) is 101 Å². The largest absolute Gasteiger partial charge is 0.587 e. The van der Waals surface area contributed by atoms with E-state index < -0.39 is 15.6 Å². The molecule has 0 aliphatic carbocycles. The molecule has 45 heavy (non-hydrogen) atoms. The first kappa shape index (κ1) is 35.9. The highest BCUT2D eigenvalue weighted by Gasteiger charge is 2.32. The van der Waals surface area contributed by atoms with E-state index in [4.69, 9.17) is 22.6 Å². The molecule has 2 atom stereocenters. The fraction of sp³-hybridized carbons (Fsp3) is 0.314. The van der Waals surface area contributed by atoms with Gasteiger partial charge in [0.1, 0.15) is 23.0 Å². The molecule has 0 saturated heterocycles. The van der Waals surface area contributed by atoms with Gasteiger partial charge < -0.3 is 18.1 Å². The first-order valence-electron chi connectivity index (χ1n) is 15.2. The molecule has 0 bridgehead atoms. The number of rotatable bonds is 16. The van der Waals surface area contributed by atoms with Gasteiger partial charge in [-0.2, -0.15) is 0 Å². The summed E-state index contributed by atoms with van der Waals surface area (Å²) < 4.78 is 52.4. The van der Waals surface area contributed by atoms with Crippen molar-refractivity contribution in [2.45, 2.75) is 59.3 Å². The van der Waals surface area contributed by atoms with Crippen LogP contribution >= 0.6 is 15.6 Å². The Balaban J connectivity index is 0.000000251. The van der Waals surface area contributed by atoms with E-state index >= 15 is 0 Å². The maximum Gasteiger partial charge on any atom is 0.587 e. The zero-order valence-corrected chi connectivity index (χ0v) is 28.1. The Bertz CT molecular complexity index is 1440. The minimum absolute atomic E-state index is 0.183. The Morgan fingerprint density at radius 2 is 1.11 bits per heavy atom. The summed E-state index contributed by atoms with van der Waals surface area (Å²) in [7, 11) is -7.97. The molecule has 0 radical (unpaired) electrons. The van der Waals surface area contributed by atoms with Crippen molar-refractivity contribution in [2.75, 3.05) is 6.61 Å². The second-order valence-corrected chi connectivity index (χ2v) is 13.4. The molecule has 0 aliphatic heterocycles. The molecule has 4 rings (SSSR count). The Kier molecular flexibility index (Phi) is 14.7. The van der Waals surface area contributed by atoms with E-state index in [-0.39, 0.29) is 5.92 Å². The van der Waals surface area contributed by atoms with Crippen LogP contribution in [0.1, 0.15) is 64.9 Å². The third kappa shape index (κ3) is 13.2. The Morgan fingerprint density at radius 3 is 1.58 bits per heavy atom. The van der Waals surface area contributed by atoms with Gasteiger partial charge in [0.2, 0.25) is 0 Å². The van der Waals surface area contributed by atoms with Crippen LogP contribution in [-0.4, -0.2) is 11.5 Å². The van der Waals surface area contributed by atoms with Gasteiger partial charge >= 0.3 is 15.6 Å². The fourth-order valence-corrected chi connectivity index (χ4v) is 6.32. The van der Waals surface area contributed by atoms with Gasteiger partial charge in [-0.3, -0.25) is 9.42 Å². The molecule has 4 aromatic carbocycles. The molecule has 0 heterocycles. The molecular weight excluding hydrogens is 610 g/mol. The van der Waals surface area contributed by atoms with Crippen LogP contribution in [0.15, 0.2) is 115 Å². The summed E-state index contributed by atoms with van der Waals surface area (Å²) in [6.45, 7) is 8.61. The summed E-state index contributed by atoms with van der Waals surface area (Å²) >= 11 is 0. The zero-order valence-electron chi connectivity index (χ0n) is 26.4. The van der Waals surface area contributed by atoms with Crippen LogP contribution in [0.25, 0.3) is 0 Å². The van der Waals surface area contributed by atoms with E-state index in [1.54, 1.807) is 66.7 Å². The van der Waals surface area contributed by atoms with E-state index in [1.807, 2.05) is 62.4 Å². The predicted molar refractivity (Wildman–Crippen MR) is 179 cm³/mol. The molecule has 1 N–H and O–H groups in total. The van der Waals surface area contributed by atoms with Gasteiger partial charge in [-0.15, -0.1) is 0 Å². The molecule has 0 fully saturated rings. The summed E-state index contributed by atoms with van der Waals surface area (Å²) in [5, 5.41) is 0. The lowest BCUT2D eigenvalue weighted by Gasteiger charge is -2.21. The van der Waals surface area contributed by atoms with E-state index in [9.17, 15) is 14.0 Å². The van der Waals surface area contributed by atoms with Crippen molar-refractivity contribution < 1.29 is 36.6 Å². The summed E-state index contributed by atoms with van der Waals surface area (Å²) in [4.78, 5) is 9.84. The van der Waals surface area contributed by atoms with Gasteiger partial charge in [-0.25, -0.2) is 9.13 Å². The highest BCUT2D eigenvalue weighted by molar-refractivity contribution is 7.49. The maximum atomic E-state index is 13.2. The zero-order chi connectivity index (χ0) is 32.5. The molecule has 0 aromatic heterocycles. The van der Waals surface area contributed by atoms with Crippen LogP contribution in [0, 0.1) is 5.92 Å². The van der Waals surface area contributed by atoms with E-state index in [2.05, 4.69) is 13.8 Å². The van der Waals surface area contributed by atoms with Crippen LogP contribution in [0.2, 0.25) is 0 Å². The second-order valence-electron chi connectivity index (χ2n) is 10.6. The number of phosphoric acid groups is 2. The van der Waals surface area contributed by atoms with Crippen LogP contribution < -0.4 is 18.1 Å². The van der Waals surface area contributed by atoms with Gasteiger partial charge in [0, 0.05) is 0 Å². The van der Waals surface area contributed by atoms with Crippen LogP contribution in [0.5, 0.6) is 23.0 Å². The third-order valence-corrected chi connectivity index (χ3v) is 8.85. The maximum absolute atomic E-state index is 13.2. The quantitative estimate of drug-likeness (QED) is 0.119. The molecular formula is C35H44O8P2. The Hall–Kier alpha value is -3.54. The van der Waals surface area contributed by atoms with Gasteiger partial charge in [0.25, 0.3) is 0 Å². The molecule has 10 heteroatoms. The summed E-state index contributed by atoms with van der Waals surface area (Å²) in [6, 6.07) is 33.5. The standard InChI is InChI=1S/C20H27O4P.C15H17O4P/c1-3-5-12-18(4-2)17-22-25(21,23-19-13-8-6-9-14-19)24-20-15-10-7-11-16-20;1-12(2)14-10-6-7-11-15(14)19-20(16,17)18-13-8-4-3-5-9-13/h6-11,13-16,18H,3-5,12,17H2,1-2H3;3-12H,1-2H3,(H,16,17). The van der Waals surface area contributed by atoms with Crippen molar-refractivity contribution in [1.29, 1.82) is 0 Å². The van der Waals surface area contributed by atoms with E-state index in [1.165, 1.54) is 0 Å². The average Bonchev–Trinajstić information content (AvgIpc) is 3.02. The summed E-state index contributed by atoms with van der Waals surface area (Å²) in [6.07, 6.45) is 4.28. The van der Waals surface area contributed by atoms with Crippen LogP contribution in [0.3, 0.4) is 0 Å². The van der Waals surface area contributed by atoms with Crippen molar-refractivity contribution in [3.63, 3.8) is 0 Å². The van der Waals surface area contributed by atoms with Crippen molar-refractivity contribution in [2.24, 2.45) is 5.92 Å². The molecule has 0 spiro atoms. The average molecular weight is 655 g/mol. The lowest BCUT2D eigenvalue weighted by atomic mass is 10.0. The number of benzene rings is 4. The van der Waals surface area contributed by atoms with E-state index in [0.29, 0.717) is 35.5 Å². The smallest absolute Gasteiger partial charge is 0.395 e. The predicted octanol–water partition coefficient (Wildman–Crippen LogP) is 10.9. The highest BCUT2D eigenvalue weighted by atomic mass is 31.2. The molecule has 0 aliphatic rings. The molecule has 242 valence electrons. The SMILES string of the molecule is CC(C)c1ccccc1OP(=O)(O)Oc1ccccc1.CCCCC(CC)COP(=O)(Oc1ccccc1)Oc1ccccc1. The number of hydrogen-bond acceptors (Lipinski definition) is 7. The first-order valence-corrected chi connectivity index (χ1v) is 18.2. The lowest BCUT2D eigenvalue weighted by Crippen LogP contribution is -2.12. The monoisotopic (exact) mass is 654 g/mol. The van der Waals surface area contributed by atoms with Gasteiger partial charge in [0.15, 0.2) is 0 Å². The number of para-hydroxylation sites is 4. The van der Waals surface area contributed by atoms with E-state index in [0.717, 1.165) is 31.2 Å². The molecule has 0 saturated carbocycles. The normalized spacial score (nSPS) is 13.1. The Labute approximate surface area is 267 Å². The first-order chi connectivity index (χ1) is 21.6. The minimum Gasteiger partial charge on any atom is -0.395 e. The van der Waals surface area contributed by atoms with Crippen molar-refractivity contribution >= 4 is 15.6 Å².